The Bertz CT molecular complexity index is 207. The van der Waals surface area contributed by atoms with Crippen LogP contribution < -0.4 is 0 Å². The van der Waals surface area contributed by atoms with Gasteiger partial charge in [0.1, 0.15) is 0 Å². The SMILES string of the molecule is O=C1[C@@H](Br)[C@H]2[C@@H]([C@H]1Br)C2(Br)Br. The van der Waals surface area contributed by atoms with Crippen molar-refractivity contribution < 1.29 is 4.79 Å². The summed E-state index contributed by atoms with van der Waals surface area (Å²) in [4.78, 5) is 11.3. The number of Topliss-reactive ketones (excluding diaryl/α,β-unsaturated/α-hetero) is 1. The van der Waals surface area contributed by atoms with Gasteiger partial charge in [0.15, 0.2) is 5.78 Å². The number of halogens is 4. The van der Waals surface area contributed by atoms with Crippen LogP contribution in [0.5, 0.6) is 0 Å². The van der Waals surface area contributed by atoms with Crippen molar-refractivity contribution in [2.45, 2.75) is 12.9 Å². The summed E-state index contributed by atoms with van der Waals surface area (Å²) in [5, 5.41) is 0. The van der Waals surface area contributed by atoms with Gasteiger partial charge in [-0.2, -0.15) is 0 Å². The lowest BCUT2D eigenvalue weighted by molar-refractivity contribution is -0.117. The van der Waals surface area contributed by atoms with Crippen LogP contribution in [-0.2, 0) is 4.79 Å². The number of carbonyl (C=O) groups is 1. The molecule has 1 nitrogen and oxygen atoms in total. The monoisotopic (exact) mass is 408 g/mol. The first-order valence-electron chi connectivity index (χ1n) is 3.17. The highest BCUT2D eigenvalue weighted by Crippen LogP contribution is 2.71. The first kappa shape index (κ1) is 9.16. The van der Waals surface area contributed by atoms with Crippen molar-refractivity contribution in [2.75, 3.05) is 0 Å². The normalized spacial score (nSPS) is 52.5. The molecule has 0 aliphatic heterocycles. The van der Waals surface area contributed by atoms with Crippen LogP contribution >= 0.6 is 63.7 Å². The van der Waals surface area contributed by atoms with Gasteiger partial charge in [0, 0.05) is 11.8 Å². The summed E-state index contributed by atoms with van der Waals surface area (Å²) in [6.07, 6.45) is 0. The van der Waals surface area contributed by atoms with E-state index in [1.807, 2.05) is 0 Å². The summed E-state index contributed by atoms with van der Waals surface area (Å²) in [5.74, 6) is 1.08. The fourth-order valence-electron chi connectivity index (χ4n) is 1.64. The molecule has 0 N–H and O–H groups in total. The second-order valence-corrected chi connectivity index (χ2v) is 8.59. The standard InChI is InChI=1S/C6H4Br4O/c7-3-1-2(6(1,9)10)4(8)5(3)11/h1-4H/t1-,2+,3+,4-. The molecule has 0 aromatic carbocycles. The Morgan fingerprint density at radius 1 is 1.09 bits per heavy atom. The lowest BCUT2D eigenvalue weighted by atomic mass is 10.2. The minimum atomic E-state index is -0.00373. The lowest BCUT2D eigenvalue weighted by Gasteiger charge is -2.10. The van der Waals surface area contributed by atoms with Crippen molar-refractivity contribution in [1.82, 2.24) is 0 Å². The fraction of sp³-hybridized carbons (Fsp3) is 0.833. The average molecular weight is 412 g/mol. The maximum Gasteiger partial charge on any atom is 0.160 e. The molecule has 0 bridgehead atoms. The molecule has 5 heteroatoms. The number of ketones is 1. The summed E-state index contributed by atoms with van der Waals surface area (Å²) in [6, 6.07) is 0. The molecule has 0 amide bonds. The molecule has 0 aromatic rings. The molecular formula is C6H4Br4O. The molecule has 0 unspecified atom stereocenters. The summed E-state index contributed by atoms with van der Waals surface area (Å²) in [5.41, 5.74) is 0. The second kappa shape index (κ2) is 2.55. The molecule has 0 saturated heterocycles. The number of alkyl halides is 4. The number of carbonyl (C=O) groups excluding carboxylic acids is 1. The van der Waals surface area contributed by atoms with Crippen molar-refractivity contribution in [3.8, 4) is 0 Å². The molecule has 2 rings (SSSR count). The molecule has 0 aromatic heterocycles. The van der Waals surface area contributed by atoms with Crippen molar-refractivity contribution in [2.24, 2.45) is 11.8 Å². The predicted molar refractivity (Wildman–Crippen MR) is 58.0 cm³/mol. The van der Waals surface area contributed by atoms with Gasteiger partial charge >= 0.3 is 0 Å². The summed E-state index contributed by atoms with van der Waals surface area (Å²) in [7, 11) is 0. The van der Waals surface area contributed by atoms with Crippen LogP contribution in [-0.4, -0.2) is 18.7 Å². The largest absolute Gasteiger partial charge is 0.297 e. The van der Waals surface area contributed by atoms with E-state index in [1.165, 1.54) is 0 Å². The Labute approximate surface area is 98.2 Å². The van der Waals surface area contributed by atoms with Gasteiger partial charge in [-0.3, -0.25) is 4.79 Å². The van der Waals surface area contributed by atoms with Crippen LogP contribution in [0.1, 0.15) is 0 Å². The van der Waals surface area contributed by atoms with Crippen LogP contribution in [0, 0.1) is 11.8 Å². The highest BCUT2D eigenvalue weighted by atomic mass is 79.9. The molecule has 11 heavy (non-hydrogen) atoms. The van der Waals surface area contributed by atoms with Crippen LogP contribution in [0.3, 0.4) is 0 Å². The van der Waals surface area contributed by atoms with E-state index in [-0.39, 0.29) is 18.7 Å². The van der Waals surface area contributed by atoms with Gasteiger partial charge in [0.25, 0.3) is 0 Å². The maximum absolute atomic E-state index is 11.3. The van der Waals surface area contributed by atoms with Gasteiger partial charge in [-0.25, -0.2) is 0 Å². The van der Waals surface area contributed by atoms with Gasteiger partial charge in [-0.15, -0.1) is 0 Å². The van der Waals surface area contributed by atoms with Gasteiger partial charge < -0.3 is 0 Å². The molecule has 2 fully saturated rings. The van der Waals surface area contributed by atoms with Crippen molar-refractivity contribution >= 4 is 69.5 Å². The Hall–Kier alpha value is 1.59. The third-order valence-corrected chi connectivity index (χ3v) is 6.50. The van der Waals surface area contributed by atoms with Crippen LogP contribution in [0.2, 0.25) is 0 Å². The van der Waals surface area contributed by atoms with Crippen molar-refractivity contribution in [1.29, 1.82) is 0 Å². The Morgan fingerprint density at radius 3 is 1.73 bits per heavy atom. The minimum absolute atomic E-state index is 0.00373. The van der Waals surface area contributed by atoms with E-state index in [9.17, 15) is 4.79 Å². The third-order valence-electron chi connectivity index (χ3n) is 2.34. The summed E-state index contributed by atoms with van der Waals surface area (Å²) >= 11 is 13.9. The van der Waals surface area contributed by atoms with Gasteiger partial charge in [0.2, 0.25) is 0 Å². The molecule has 0 heterocycles. The molecule has 4 atom stereocenters. The Kier molecular flexibility index (Phi) is 2.12. The van der Waals surface area contributed by atoms with Crippen molar-refractivity contribution in [3.63, 3.8) is 0 Å². The average Bonchev–Trinajstić information content (AvgIpc) is 2.39. The summed E-state index contributed by atoms with van der Waals surface area (Å²) < 4.78 is -0.00373. The number of hydrogen-bond acceptors (Lipinski definition) is 1. The van der Waals surface area contributed by atoms with E-state index >= 15 is 0 Å². The molecule has 2 aliphatic carbocycles. The summed E-state index contributed by atoms with van der Waals surface area (Å²) in [6.45, 7) is 0. The fourth-order valence-corrected chi connectivity index (χ4v) is 7.40. The number of hydrogen-bond donors (Lipinski definition) is 0. The highest BCUT2D eigenvalue weighted by molar-refractivity contribution is 9.25. The third kappa shape index (κ3) is 1.07. The molecule has 62 valence electrons. The molecule has 0 spiro atoms. The lowest BCUT2D eigenvalue weighted by Crippen LogP contribution is -2.24. The number of fused-ring (bicyclic) bond motifs is 1. The molecular weight excluding hydrogens is 408 g/mol. The second-order valence-electron chi connectivity index (χ2n) is 2.93. The van der Waals surface area contributed by atoms with E-state index in [4.69, 9.17) is 0 Å². The predicted octanol–water partition coefficient (Wildman–Crippen LogP) is 2.83. The Balaban J connectivity index is 2.27. The minimum Gasteiger partial charge on any atom is -0.297 e. The quantitative estimate of drug-likeness (QED) is 0.560. The van der Waals surface area contributed by atoms with Crippen LogP contribution in [0.25, 0.3) is 0 Å². The number of rotatable bonds is 0. The first-order valence-corrected chi connectivity index (χ1v) is 6.59. The van der Waals surface area contributed by atoms with E-state index in [2.05, 4.69) is 63.7 Å². The zero-order chi connectivity index (χ0) is 8.39. The van der Waals surface area contributed by atoms with Crippen LogP contribution in [0.15, 0.2) is 0 Å². The van der Waals surface area contributed by atoms with E-state index in [1.54, 1.807) is 0 Å². The van der Waals surface area contributed by atoms with Crippen LogP contribution in [0.4, 0.5) is 0 Å². The molecule has 0 radical (unpaired) electrons. The smallest absolute Gasteiger partial charge is 0.160 e. The van der Waals surface area contributed by atoms with E-state index in [0.717, 1.165) is 0 Å². The molecule has 2 aliphatic rings. The first-order chi connectivity index (χ1) is 4.98. The topological polar surface area (TPSA) is 17.1 Å². The highest BCUT2D eigenvalue weighted by Gasteiger charge is 2.74. The van der Waals surface area contributed by atoms with E-state index < -0.39 is 0 Å². The zero-order valence-corrected chi connectivity index (χ0v) is 11.6. The van der Waals surface area contributed by atoms with Gasteiger partial charge in [-0.05, 0) is 0 Å². The maximum atomic E-state index is 11.3. The molecule has 2 saturated carbocycles. The van der Waals surface area contributed by atoms with Gasteiger partial charge in [0.05, 0.1) is 12.9 Å². The van der Waals surface area contributed by atoms with Crippen molar-refractivity contribution in [3.05, 3.63) is 0 Å². The van der Waals surface area contributed by atoms with Gasteiger partial charge in [-0.1, -0.05) is 63.7 Å². The zero-order valence-electron chi connectivity index (χ0n) is 5.23. The van der Waals surface area contributed by atoms with E-state index in [0.29, 0.717) is 11.8 Å². The Morgan fingerprint density at radius 2 is 1.45 bits per heavy atom.